The zero-order chi connectivity index (χ0) is 12.9. The second kappa shape index (κ2) is 3.57. The molecule has 0 unspecified atom stereocenters. The van der Waals surface area contributed by atoms with Gasteiger partial charge in [-0.3, -0.25) is 4.79 Å². The first-order chi connectivity index (χ1) is 8.56. The van der Waals surface area contributed by atoms with Crippen LogP contribution in [0.3, 0.4) is 0 Å². The van der Waals surface area contributed by atoms with Gasteiger partial charge in [0.1, 0.15) is 11.2 Å². The highest BCUT2D eigenvalue weighted by Gasteiger charge is 2.55. The monoisotopic (exact) mass is 244 g/mol. The number of hydrogen-bond acceptors (Lipinski definition) is 3. The predicted octanol–water partition coefficient (Wildman–Crippen LogP) is 2.38. The van der Waals surface area contributed by atoms with Crippen LogP contribution in [0.1, 0.15) is 29.8 Å². The van der Waals surface area contributed by atoms with Gasteiger partial charge in [0, 0.05) is 0 Å². The number of methoxy groups -OCH3 is 1. The van der Waals surface area contributed by atoms with Gasteiger partial charge >= 0.3 is 5.97 Å². The summed E-state index contributed by atoms with van der Waals surface area (Å²) in [5.74, 6) is 0.564. The Balaban J connectivity index is 2.15. The number of fused-ring (bicyclic) bond motifs is 1. The van der Waals surface area contributed by atoms with Crippen molar-refractivity contribution in [3.8, 4) is 0 Å². The van der Waals surface area contributed by atoms with E-state index in [9.17, 15) is 4.79 Å². The van der Waals surface area contributed by atoms with Crippen LogP contribution in [0.25, 0.3) is 11.0 Å². The average molecular weight is 244 g/mol. The number of ether oxygens (including phenoxy) is 1. The SMILES string of the molecule is COC(=O)C1(c2nc3c(C)cc(C)cc3[nH]2)CC1. The first-order valence-corrected chi connectivity index (χ1v) is 6.13. The largest absolute Gasteiger partial charge is 0.468 e. The lowest BCUT2D eigenvalue weighted by Crippen LogP contribution is -2.23. The molecule has 1 heterocycles. The van der Waals surface area contributed by atoms with Crippen molar-refractivity contribution in [1.29, 1.82) is 0 Å². The Kier molecular flexibility index (Phi) is 2.24. The third-order valence-electron chi connectivity index (χ3n) is 3.70. The number of benzene rings is 1. The van der Waals surface area contributed by atoms with Crippen LogP contribution < -0.4 is 0 Å². The summed E-state index contributed by atoms with van der Waals surface area (Å²) in [4.78, 5) is 19.7. The van der Waals surface area contributed by atoms with Gasteiger partial charge in [-0.2, -0.15) is 0 Å². The maximum atomic E-state index is 11.8. The number of carbonyl (C=O) groups is 1. The Morgan fingerprint density at radius 1 is 1.39 bits per heavy atom. The van der Waals surface area contributed by atoms with Gasteiger partial charge in [0.05, 0.1) is 18.1 Å². The second-order valence-corrected chi connectivity index (χ2v) is 5.14. The molecule has 0 saturated heterocycles. The van der Waals surface area contributed by atoms with Gasteiger partial charge in [-0.25, -0.2) is 4.98 Å². The molecule has 1 aromatic carbocycles. The number of nitrogens with zero attached hydrogens (tertiary/aromatic N) is 1. The summed E-state index contributed by atoms with van der Waals surface area (Å²) in [6.45, 7) is 4.10. The Morgan fingerprint density at radius 3 is 2.72 bits per heavy atom. The maximum Gasteiger partial charge on any atom is 0.319 e. The molecule has 4 nitrogen and oxygen atoms in total. The maximum absolute atomic E-state index is 11.8. The van der Waals surface area contributed by atoms with Crippen LogP contribution in [0.4, 0.5) is 0 Å². The third kappa shape index (κ3) is 1.45. The number of aromatic amines is 1. The minimum Gasteiger partial charge on any atom is -0.468 e. The molecule has 0 amide bonds. The number of H-pyrrole nitrogens is 1. The molecule has 1 aliphatic carbocycles. The number of aromatic nitrogens is 2. The number of nitrogens with one attached hydrogen (secondary N) is 1. The van der Waals surface area contributed by atoms with E-state index in [1.807, 2.05) is 6.92 Å². The smallest absolute Gasteiger partial charge is 0.319 e. The highest BCUT2D eigenvalue weighted by Crippen LogP contribution is 2.48. The van der Waals surface area contributed by atoms with Crippen LogP contribution >= 0.6 is 0 Å². The highest BCUT2D eigenvalue weighted by atomic mass is 16.5. The van der Waals surface area contributed by atoms with E-state index < -0.39 is 5.41 Å². The summed E-state index contributed by atoms with van der Waals surface area (Å²) in [7, 11) is 1.43. The van der Waals surface area contributed by atoms with Gasteiger partial charge in [-0.05, 0) is 43.9 Å². The van der Waals surface area contributed by atoms with Crippen molar-refractivity contribution in [2.24, 2.45) is 0 Å². The Bertz CT molecular complexity index is 639. The van der Waals surface area contributed by atoms with E-state index in [2.05, 4.69) is 29.0 Å². The summed E-state index contributed by atoms with van der Waals surface area (Å²) in [5, 5.41) is 0. The summed E-state index contributed by atoms with van der Waals surface area (Å²) in [5.41, 5.74) is 3.75. The van der Waals surface area contributed by atoms with Crippen molar-refractivity contribution in [2.45, 2.75) is 32.1 Å². The molecule has 94 valence electrons. The van der Waals surface area contributed by atoms with Gasteiger partial charge in [0.15, 0.2) is 0 Å². The topological polar surface area (TPSA) is 55.0 Å². The second-order valence-electron chi connectivity index (χ2n) is 5.14. The summed E-state index contributed by atoms with van der Waals surface area (Å²) in [6.07, 6.45) is 1.63. The summed E-state index contributed by atoms with van der Waals surface area (Å²) >= 11 is 0. The third-order valence-corrected chi connectivity index (χ3v) is 3.70. The predicted molar refractivity (Wildman–Crippen MR) is 68.5 cm³/mol. The number of hydrogen-bond donors (Lipinski definition) is 1. The van der Waals surface area contributed by atoms with Crippen molar-refractivity contribution in [3.05, 3.63) is 29.1 Å². The Hall–Kier alpha value is -1.84. The van der Waals surface area contributed by atoms with Gasteiger partial charge in [-0.15, -0.1) is 0 Å². The summed E-state index contributed by atoms with van der Waals surface area (Å²) in [6, 6.07) is 4.16. The highest BCUT2D eigenvalue weighted by molar-refractivity contribution is 5.88. The molecule has 0 spiro atoms. The molecular formula is C14H16N2O2. The lowest BCUT2D eigenvalue weighted by atomic mass is 10.1. The van der Waals surface area contributed by atoms with Gasteiger partial charge < -0.3 is 9.72 Å². The molecule has 0 radical (unpaired) electrons. The van der Waals surface area contributed by atoms with Crippen LogP contribution in [-0.2, 0) is 14.9 Å². The lowest BCUT2D eigenvalue weighted by Gasteiger charge is -2.08. The molecule has 1 aliphatic rings. The minimum absolute atomic E-state index is 0.184. The Morgan fingerprint density at radius 2 is 2.11 bits per heavy atom. The molecule has 1 fully saturated rings. The summed E-state index contributed by atoms with van der Waals surface area (Å²) < 4.78 is 4.88. The molecular weight excluding hydrogens is 228 g/mol. The molecule has 0 atom stereocenters. The molecule has 2 aromatic rings. The molecule has 3 rings (SSSR count). The number of aryl methyl sites for hydroxylation is 2. The van der Waals surface area contributed by atoms with E-state index >= 15 is 0 Å². The number of imidazole rings is 1. The van der Waals surface area contributed by atoms with Gasteiger partial charge in [0.2, 0.25) is 0 Å². The van der Waals surface area contributed by atoms with E-state index in [-0.39, 0.29) is 5.97 Å². The zero-order valence-electron chi connectivity index (χ0n) is 10.8. The van der Waals surface area contributed by atoms with Crippen molar-refractivity contribution >= 4 is 17.0 Å². The molecule has 0 bridgehead atoms. The van der Waals surface area contributed by atoms with Gasteiger partial charge in [0.25, 0.3) is 0 Å². The van der Waals surface area contributed by atoms with E-state index in [1.165, 1.54) is 12.7 Å². The van der Waals surface area contributed by atoms with Crippen molar-refractivity contribution in [2.75, 3.05) is 7.11 Å². The number of esters is 1. The molecule has 1 N–H and O–H groups in total. The normalized spacial score (nSPS) is 16.8. The molecule has 1 aromatic heterocycles. The minimum atomic E-state index is -0.520. The van der Waals surface area contributed by atoms with Crippen molar-refractivity contribution < 1.29 is 9.53 Å². The quantitative estimate of drug-likeness (QED) is 0.825. The molecule has 0 aliphatic heterocycles. The fraction of sp³-hybridized carbons (Fsp3) is 0.429. The first kappa shape index (κ1) is 11.3. The average Bonchev–Trinajstić information content (AvgIpc) is 3.03. The number of rotatable bonds is 2. The fourth-order valence-corrected chi connectivity index (χ4v) is 2.56. The molecule has 1 saturated carbocycles. The first-order valence-electron chi connectivity index (χ1n) is 6.13. The van der Waals surface area contributed by atoms with Crippen LogP contribution in [0.5, 0.6) is 0 Å². The van der Waals surface area contributed by atoms with Crippen molar-refractivity contribution in [1.82, 2.24) is 9.97 Å². The van der Waals surface area contributed by atoms with Crippen molar-refractivity contribution in [3.63, 3.8) is 0 Å². The van der Waals surface area contributed by atoms with Crippen LogP contribution in [0.15, 0.2) is 12.1 Å². The van der Waals surface area contributed by atoms with Crippen LogP contribution in [-0.4, -0.2) is 23.0 Å². The van der Waals surface area contributed by atoms with E-state index in [4.69, 9.17) is 4.74 Å². The molecule has 18 heavy (non-hydrogen) atoms. The van der Waals surface area contributed by atoms with Crippen LogP contribution in [0, 0.1) is 13.8 Å². The Labute approximate surface area is 105 Å². The lowest BCUT2D eigenvalue weighted by molar-refractivity contribution is -0.143. The van der Waals surface area contributed by atoms with E-state index in [0.29, 0.717) is 0 Å². The fourth-order valence-electron chi connectivity index (χ4n) is 2.56. The van der Waals surface area contributed by atoms with Crippen LogP contribution in [0.2, 0.25) is 0 Å². The zero-order valence-corrected chi connectivity index (χ0v) is 10.8. The molecule has 4 heteroatoms. The number of carbonyl (C=O) groups excluding carboxylic acids is 1. The standard InChI is InChI=1S/C14H16N2O2/c1-8-6-9(2)11-10(7-8)15-12(16-11)14(4-5-14)13(17)18-3/h6-7H,4-5H2,1-3H3,(H,15,16). The van der Waals surface area contributed by atoms with Gasteiger partial charge in [-0.1, -0.05) is 6.07 Å². The van der Waals surface area contributed by atoms with E-state index in [1.54, 1.807) is 0 Å². The van der Waals surface area contributed by atoms with E-state index in [0.717, 1.165) is 35.3 Å².